The monoisotopic (exact) mass is 383 g/mol. The van der Waals surface area contributed by atoms with Crippen LogP contribution in [0.3, 0.4) is 0 Å². The van der Waals surface area contributed by atoms with Gasteiger partial charge < -0.3 is 15.2 Å². The summed E-state index contributed by atoms with van der Waals surface area (Å²) in [6, 6.07) is 15.3. The Hall–Kier alpha value is -4.10. The molecule has 0 spiro atoms. The zero-order valence-electron chi connectivity index (χ0n) is 15.6. The summed E-state index contributed by atoms with van der Waals surface area (Å²) in [6.07, 6.45) is 2.81. The van der Waals surface area contributed by atoms with Crippen molar-refractivity contribution in [3.05, 3.63) is 65.1 Å². The van der Waals surface area contributed by atoms with Crippen LogP contribution >= 0.6 is 0 Å². The first kappa shape index (κ1) is 18.3. The lowest BCUT2D eigenvalue weighted by molar-refractivity contribution is 0.171. The van der Waals surface area contributed by atoms with E-state index in [-0.39, 0.29) is 11.4 Å². The van der Waals surface area contributed by atoms with Crippen LogP contribution in [0.1, 0.15) is 22.5 Å². The van der Waals surface area contributed by atoms with Crippen LogP contribution < -0.4 is 15.2 Å². The summed E-state index contributed by atoms with van der Waals surface area (Å²) in [5.41, 5.74) is 9.17. The zero-order valence-corrected chi connectivity index (χ0v) is 15.6. The van der Waals surface area contributed by atoms with Crippen LogP contribution in [-0.2, 0) is 12.8 Å². The van der Waals surface area contributed by atoms with Crippen molar-refractivity contribution in [3.8, 4) is 34.8 Å². The Labute approximate surface area is 168 Å². The van der Waals surface area contributed by atoms with E-state index in [2.05, 4.69) is 22.1 Å². The summed E-state index contributed by atoms with van der Waals surface area (Å²) in [6.45, 7) is 0.930. The van der Waals surface area contributed by atoms with Crippen molar-refractivity contribution >= 4 is 5.82 Å². The van der Waals surface area contributed by atoms with E-state index in [4.69, 9.17) is 15.2 Å². The Morgan fingerprint density at radius 3 is 2.48 bits per heavy atom. The second-order valence-corrected chi connectivity index (χ2v) is 6.47. The average Bonchev–Trinajstić information content (AvgIpc) is 2.77. The van der Waals surface area contributed by atoms with Crippen LogP contribution in [0.15, 0.2) is 42.6 Å². The Bertz CT molecular complexity index is 1150. The third-order valence-corrected chi connectivity index (χ3v) is 4.70. The number of nitrogen functional groups attached to an aromatic ring is 1. The largest absolute Gasteiger partial charge is 0.486 e. The highest BCUT2D eigenvalue weighted by molar-refractivity contribution is 5.82. The third-order valence-electron chi connectivity index (χ3n) is 4.70. The van der Waals surface area contributed by atoms with Crippen LogP contribution in [0.2, 0.25) is 0 Å². The molecule has 1 aromatic carbocycles. The fourth-order valence-corrected chi connectivity index (χ4v) is 3.35. The van der Waals surface area contributed by atoms with E-state index in [0.29, 0.717) is 59.9 Å². The second kappa shape index (κ2) is 7.87. The number of anilines is 1. The van der Waals surface area contributed by atoms with Crippen LogP contribution in [0.4, 0.5) is 5.82 Å². The Kier molecular flexibility index (Phi) is 4.96. The van der Waals surface area contributed by atoms with Crippen molar-refractivity contribution in [2.45, 2.75) is 12.8 Å². The summed E-state index contributed by atoms with van der Waals surface area (Å²) in [7, 11) is 0. The summed E-state index contributed by atoms with van der Waals surface area (Å²) in [5.74, 6) is 1.31. The maximum absolute atomic E-state index is 9.90. The molecule has 1 aliphatic heterocycles. The van der Waals surface area contributed by atoms with Crippen LogP contribution in [-0.4, -0.2) is 23.2 Å². The highest BCUT2D eigenvalue weighted by atomic mass is 16.6. The number of fused-ring (bicyclic) bond motifs is 1. The summed E-state index contributed by atoms with van der Waals surface area (Å²) < 4.78 is 11.2. The number of rotatable bonds is 4. The number of nitrogens with zero attached hydrogens (tertiary/aromatic N) is 4. The van der Waals surface area contributed by atoms with Crippen molar-refractivity contribution in [2.75, 3.05) is 18.9 Å². The molecule has 0 saturated carbocycles. The molecule has 1 aliphatic rings. The van der Waals surface area contributed by atoms with Gasteiger partial charge in [-0.25, -0.2) is 4.98 Å². The smallest absolute Gasteiger partial charge is 0.161 e. The standard InChI is InChI=1S/C22H17N5O2/c23-12-16-18(6-5-15-3-1-2-8-26-15)27-22(25)17(13-24)21(16)14-4-7-19-20(11-14)29-10-9-28-19/h1-4,7-8,11H,5-6,9-10H2,(H2,25,27). The van der Waals surface area contributed by atoms with Crippen molar-refractivity contribution in [2.24, 2.45) is 0 Å². The maximum atomic E-state index is 9.90. The molecule has 0 unspecified atom stereocenters. The van der Waals surface area contributed by atoms with Crippen molar-refractivity contribution in [1.29, 1.82) is 10.5 Å². The van der Waals surface area contributed by atoms with Gasteiger partial charge in [0.2, 0.25) is 0 Å². The van der Waals surface area contributed by atoms with Gasteiger partial charge in [-0.2, -0.15) is 10.5 Å². The molecule has 7 nitrogen and oxygen atoms in total. The maximum Gasteiger partial charge on any atom is 0.161 e. The normalized spacial score (nSPS) is 12.1. The molecule has 0 aliphatic carbocycles. The zero-order chi connectivity index (χ0) is 20.2. The highest BCUT2D eigenvalue weighted by Gasteiger charge is 2.22. The van der Waals surface area contributed by atoms with E-state index in [1.54, 1.807) is 24.4 Å². The molecule has 7 heteroatoms. The fraction of sp³-hybridized carbons (Fsp3) is 0.182. The molecule has 0 saturated heterocycles. The lowest BCUT2D eigenvalue weighted by Crippen LogP contribution is -2.15. The number of nitriles is 2. The predicted molar refractivity (Wildman–Crippen MR) is 106 cm³/mol. The number of hydrogen-bond donors (Lipinski definition) is 1. The lowest BCUT2D eigenvalue weighted by Gasteiger charge is -2.20. The predicted octanol–water partition coefficient (Wildman–Crippen LogP) is 3.03. The number of aryl methyl sites for hydroxylation is 2. The van der Waals surface area contributed by atoms with Crippen LogP contribution in [0.5, 0.6) is 11.5 Å². The fourth-order valence-electron chi connectivity index (χ4n) is 3.35. The number of benzene rings is 1. The first-order valence-electron chi connectivity index (χ1n) is 9.13. The van der Waals surface area contributed by atoms with Crippen molar-refractivity contribution in [3.63, 3.8) is 0 Å². The van der Waals surface area contributed by atoms with Gasteiger partial charge >= 0.3 is 0 Å². The van der Waals surface area contributed by atoms with Gasteiger partial charge in [0.15, 0.2) is 11.5 Å². The minimum atomic E-state index is 0.104. The van der Waals surface area contributed by atoms with Gasteiger partial charge in [-0.3, -0.25) is 4.98 Å². The van der Waals surface area contributed by atoms with Gasteiger partial charge in [0.25, 0.3) is 0 Å². The molecular formula is C22H17N5O2. The van der Waals surface area contributed by atoms with E-state index in [1.807, 2.05) is 18.2 Å². The van der Waals surface area contributed by atoms with Gasteiger partial charge in [-0.15, -0.1) is 0 Å². The Morgan fingerprint density at radius 2 is 1.76 bits per heavy atom. The van der Waals surface area contributed by atoms with E-state index in [9.17, 15) is 10.5 Å². The molecule has 3 heterocycles. The lowest BCUT2D eigenvalue weighted by atomic mass is 9.93. The molecule has 0 amide bonds. The van der Waals surface area contributed by atoms with E-state index in [0.717, 1.165) is 5.69 Å². The number of aromatic nitrogens is 2. The van der Waals surface area contributed by atoms with E-state index in [1.165, 1.54) is 0 Å². The first-order valence-corrected chi connectivity index (χ1v) is 9.13. The van der Waals surface area contributed by atoms with Gasteiger partial charge in [0.1, 0.15) is 36.7 Å². The van der Waals surface area contributed by atoms with Crippen molar-refractivity contribution in [1.82, 2.24) is 9.97 Å². The topological polar surface area (TPSA) is 118 Å². The third kappa shape index (κ3) is 3.54. The minimum Gasteiger partial charge on any atom is -0.486 e. The number of pyridine rings is 2. The van der Waals surface area contributed by atoms with Gasteiger partial charge in [-0.05, 0) is 42.7 Å². The van der Waals surface area contributed by atoms with E-state index < -0.39 is 0 Å². The van der Waals surface area contributed by atoms with Gasteiger partial charge in [0, 0.05) is 17.5 Å². The minimum absolute atomic E-state index is 0.104. The van der Waals surface area contributed by atoms with E-state index >= 15 is 0 Å². The molecule has 2 aromatic heterocycles. The number of ether oxygens (including phenoxy) is 2. The van der Waals surface area contributed by atoms with Crippen LogP contribution in [0, 0.1) is 22.7 Å². The molecule has 0 radical (unpaired) electrons. The quantitative estimate of drug-likeness (QED) is 0.735. The second-order valence-electron chi connectivity index (χ2n) is 6.47. The molecule has 0 fully saturated rings. The first-order chi connectivity index (χ1) is 14.2. The summed E-state index contributed by atoms with van der Waals surface area (Å²) >= 11 is 0. The van der Waals surface area contributed by atoms with Crippen LogP contribution in [0.25, 0.3) is 11.1 Å². The molecule has 2 N–H and O–H groups in total. The molecular weight excluding hydrogens is 366 g/mol. The van der Waals surface area contributed by atoms with Gasteiger partial charge in [-0.1, -0.05) is 12.1 Å². The number of hydrogen-bond acceptors (Lipinski definition) is 7. The molecule has 142 valence electrons. The number of nitrogens with two attached hydrogens (primary N) is 1. The molecule has 0 bridgehead atoms. The highest BCUT2D eigenvalue weighted by Crippen LogP contribution is 2.38. The van der Waals surface area contributed by atoms with Crippen molar-refractivity contribution < 1.29 is 9.47 Å². The Balaban J connectivity index is 1.81. The molecule has 0 atom stereocenters. The Morgan fingerprint density at radius 1 is 0.966 bits per heavy atom. The summed E-state index contributed by atoms with van der Waals surface area (Å²) in [5, 5.41) is 19.6. The summed E-state index contributed by atoms with van der Waals surface area (Å²) in [4.78, 5) is 8.66. The molecule has 29 heavy (non-hydrogen) atoms. The SMILES string of the molecule is N#Cc1c(N)nc(CCc2ccccn2)c(C#N)c1-c1ccc2c(c1)OCCO2. The average molecular weight is 383 g/mol. The molecule has 4 rings (SSSR count). The molecule has 3 aromatic rings. The van der Waals surface area contributed by atoms with Gasteiger partial charge in [0.05, 0.1) is 11.3 Å².